The number of hydrazone groups is 1. The second-order valence-corrected chi connectivity index (χ2v) is 5.09. The van der Waals surface area contributed by atoms with Gasteiger partial charge < -0.3 is 0 Å². The quantitative estimate of drug-likeness (QED) is 0.768. The van der Waals surface area contributed by atoms with Crippen molar-refractivity contribution in [3.63, 3.8) is 0 Å². The predicted molar refractivity (Wildman–Crippen MR) is 69.5 cm³/mol. The summed E-state index contributed by atoms with van der Waals surface area (Å²) in [6.45, 7) is 0. The molecule has 10 heteroatoms. The number of rotatable bonds is 2. The second kappa shape index (κ2) is 5.38. The van der Waals surface area contributed by atoms with Crippen LogP contribution in [0.3, 0.4) is 0 Å². The van der Waals surface area contributed by atoms with Gasteiger partial charge in [-0.3, -0.25) is 4.79 Å². The van der Waals surface area contributed by atoms with E-state index in [9.17, 15) is 18.0 Å². The molecule has 4 nitrogen and oxygen atoms in total. The lowest BCUT2D eigenvalue weighted by molar-refractivity contribution is -0.112. The largest absolute Gasteiger partial charge is 0.431 e. The van der Waals surface area contributed by atoms with Crippen LogP contribution >= 0.6 is 34.8 Å². The smallest absolute Gasteiger partial charge is 0.279 e. The number of aromatic nitrogens is 1. The molecule has 0 saturated carbocycles. The van der Waals surface area contributed by atoms with Gasteiger partial charge >= 0.3 is 6.18 Å². The highest BCUT2D eigenvalue weighted by Crippen LogP contribution is 2.35. The average molecular weight is 347 g/mol. The van der Waals surface area contributed by atoms with Gasteiger partial charge in [0, 0.05) is 12.6 Å². The Hall–Kier alpha value is -1.05. The minimum Gasteiger partial charge on any atom is -0.279 e. The van der Waals surface area contributed by atoms with Gasteiger partial charge in [-0.25, -0.2) is 9.99 Å². The number of hydrogen-bond donors (Lipinski definition) is 0. The molecule has 2 heterocycles. The molecule has 0 bridgehead atoms. The fourth-order valence-corrected chi connectivity index (χ4v) is 2.27. The Bertz CT molecular complexity index is 591. The van der Waals surface area contributed by atoms with Gasteiger partial charge in [0.2, 0.25) is 5.24 Å². The zero-order chi connectivity index (χ0) is 15.1. The van der Waals surface area contributed by atoms with E-state index in [-0.39, 0.29) is 15.9 Å². The first-order valence-corrected chi connectivity index (χ1v) is 6.28. The van der Waals surface area contributed by atoms with Crippen molar-refractivity contribution in [3.8, 4) is 0 Å². The van der Waals surface area contributed by atoms with Crippen LogP contribution in [-0.4, -0.2) is 28.2 Å². The molecule has 0 spiro atoms. The van der Waals surface area contributed by atoms with Crippen LogP contribution in [0.25, 0.3) is 0 Å². The van der Waals surface area contributed by atoms with Crippen LogP contribution in [0, 0.1) is 0 Å². The normalized spacial score (nSPS) is 19.2. The zero-order valence-electron chi connectivity index (χ0n) is 9.46. The Balaban J connectivity index is 2.45. The molecule has 1 aliphatic heterocycles. The lowest BCUT2D eigenvalue weighted by atomic mass is 10.1. The van der Waals surface area contributed by atoms with Crippen LogP contribution in [-0.2, 0) is 4.79 Å². The van der Waals surface area contributed by atoms with Crippen molar-refractivity contribution in [1.82, 2.24) is 4.98 Å². The summed E-state index contributed by atoms with van der Waals surface area (Å²) in [6, 6.07) is -0.0260. The highest BCUT2D eigenvalue weighted by Gasteiger charge is 2.45. The average Bonchev–Trinajstić information content (AvgIpc) is 2.73. The van der Waals surface area contributed by atoms with E-state index < -0.39 is 29.6 Å². The van der Waals surface area contributed by atoms with Gasteiger partial charge in [-0.05, 0) is 17.7 Å². The summed E-state index contributed by atoms with van der Waals surface area (Å²) in [4.78, 5) is 15.1. The van der Waals surface area contributed by atoms with Crippen molar-refractivity contribution in [2.75, 3.05) is 5.01 Å². The fraction of sp³-hybridized carbons (Fsp3) is 0.300. The lowest BCUT2D eigenvalue weighted by Gasteiger charge is -2.20. The summed E-state index contributed by atoms with van der Waals surface area (Å²) >= 11 is 16.8. The summed E-state index contributed by atoms with van der Waals surface area (Å²) in [7, 11) is 0. The molecule has 20 heavy (non-hydrogen) atoms. The monoisotopic (exact) mass is 345 g/mol. The van der Waals surface area contributed by atoms with E-state index in [0.29, 0.717) is 0 Å². The van der Waals surface area contributed by atoms with Crippen molar-refractivity contribution in [1.29, 1.82) is 0 Å². The number of alkyl halides is 3. The molecule has 0 N–H and O–H groups in total. The molecule has 108 valence electrons. The van der Waals surface area contributed by atoms with Gasteiger partial charge in [-0.15, -0.1) is 0 Å². The minimum atomic E-state index is -4.65. The number of carbonyl (C=O) groups excluding carboxylic acids is 1. The van der Waals surface area contributed by atoms with Gasteiger partial charge in [-0.1, -0.05) is 23.2 Å². The maximum Gasteiger partial charge on any atom is 0.431 e. The first-order valence-electron chi connectivity index (χ1n) is 5.14. The highest BCUT2D eigenvalue weighted by atomic mass is 35.5. The van der Waals surface area contributed by atoms with Gasteiger partial charge in [-0.2, -0.15) is 18.3 Å². The van der Waals surface area contributed by atoms with E-state index in [1.165, 1.54) is 12.3 Å². The van der Waals surface area contributed by atoms with Crippen LogP contribution < -0.4 is 5.01 Å². The summed E-state index contributed by atoms with van der Waals surface area (Å²) in [5.41, 5.74) is -1.12. The number of hydrogen-bond acceptors (Lipinski definition) is 4. The molecule has 1 aromatic rings. The first kappa shape index (κ1) is 15.3. The van der Waals surface area contributed by atoms with Gasteiger partial charge in [0.1, 0.15) is 11.8 Å². The molecule has 0 amide bonds. The molecule has 1 unspecified atom stereocenters. The molecular formula is C10H5Cl3F3N3O. The zero-order valence-corrected chi connectivity index (χ0v) is 11.7. The Kier molecular flexibility index (Phi) is 4.13. The summed E-state index contributed by atoms with van der Waals surface area (Å²) in [5, 5.41) is 3.29. The molecule has 1 aromatic heterocycles. The maximum atomic E-state index is 12.7. The Morgan fingerprint density at radius 3 is 2.55 bits per heavy atom. The van der Waals surface area contributed by atoms with Crippen molar-refractivity contribution < 1.29 is 18.0 Å². The third kappa shape index (κ3) is 2.99. The number of nitrogens with zero attached hydrogens (tertiary/aromatic N) is 3. The molecule has 0 aliphatic carbocycles. The third-order valence-corrected chi connectivity index (χ3v) is 3.24. The van der Waals surface area contributed by atoms with Gasteiger partial charge in [0.15, 0.2) is 5.82 Å². The molecule has 0 fully saturated rings. The van der Waals surface area contributed by atoms with Crippen molar-refractivity contribution in [2.45, 2.75) is 18.6 Å². The standard InChI is InChI=1S/C10H5Cl3F3N3O/c11-4-1-5(12)9(17-3-4)19-6(8(13)20)2-7(18-19)10(14,15)16/h1,3,6H,2H2. The van der Waals surface area contributed by atoms with Crippen molar-refractivity contribution in [3.05, 3.63) is 22.3 Å². The van der Waals surface area contributed by atoms with Crippen LogP contribution in [0.2, 0.25) is 10.0 Å². The van der Waals surface area contributed by atoms with E-state index in [1.807, 2.05) is 0 Å². The molecule has 2 rings (SSSR count). The Morgan fingerprint density at radius 2 is 2.05 bits per heavy atom. The van der Waals surface area contributed by atoms with E-state index >= 15 is 0 Å². The van der Waals surface area contributed by atoms with Crippen molar-refractivity contribution >= 4 is 51.6 Å². The summed E-state index contributed by atoms with van der Waals surface area (Å²) in [5.74, 6) is -0.116. The maximum absolute atomic E-state index is 12.7. The number of pyridine rings is 1. The van der Waals surface area contributed by atoms with Crippen LogP contribution in [0.4, 0.5) is 19.0 Å². The Labute approximate surface area is 126 Å². The van der Waals surface area contributed by atoms with Gasteiger partial charge in [0.25, 0.3) is 0 Å². The van der Waals surface area contributed by atoms with E-state index in [4.69, 9.17) is 34.8 Å². The molecular weight excluding hydrogens is 341 g/mol. The Morgan fingerprint density at radius 1 is 1.40 bits per heavy atom. The first-order chi connectivity index (χ1) is 9.20. The van der Waals surface area contributed by atoms with Crippen molar-refractivity contribution in [2.24, 2.45) is 5.10 Å². The molecule has 0 aromatic carbocycles. The summed E-state index contributed by atoms with van der Waals surface area (Å²) in [6.07, 6.45) is -4.13. The molecule has 1 atom stereocenters. The molecule has 1 aliphatic rings. The second-order valence-electron chi connectivity index (χ2n) is 3.87. The fourth-order valence-electron chi connectivity index (χ4n) is 1.63. The third-order valence-electron chi connectivity index (χ3n) is 2.50. The van der Waals surface area contributed by atoms with Crippen LogP contribution in [0.15, 0.2) is 17.4 Å². The predicted octanol–water partition coefficient (Wildman–Crippen LogP) is 3.65. The van der Waals surface area contributed by atoms with Crippen LogP contribution in [0.5, 0.6) is 0 Å². The van der Waals surface area contributed by atoms with E-state index in [1.54, 1.807) is 0 Å². The highest BCUT2D eigenvalue weighted by molar-refractivity contribution is 6.65. The number of halogens is 6. The van der Waals surface area contributed by atoms with Crippen LogP contribution in [0.1, 0.15) is 6.42 Å². The van der Waals surface area contributed by atoms with Gasteiger partial charge in [0.05, 0.1) is 10.0 Å². The minimum absolute atomic E-state index is 0.0346. The summed E-state index contributed by atoms with van der Waals surface area (Å²) < 4.78 is 38.0. The number of anilines is 1. The van der Waals surface area contributed by atoms with E-state index in [0.717, 1.165) is 5.01 Å². The topological polar surface area (TPSA) is 45.6 Å². The molecule has 0 saturated heterocycles. The lowest BCUT2D eigenvalue weighted by Crippen LogP contribution is -2.33. The number of carbonyl (C=O) groups is 1. The van der Waals surface area contributed by atoms with E-state index in [2.05, 4.69) is 10.1 Å². The molecule has 0 radical (unpaired) electrons. The SMILES string of the molecule is O=C(Cl)C1CC(C(F)(F)F)=NN1c1ncc(Cl)cc1Cl.